The monoisotopic (exact) mass is 284 g/mol. The van der Waals surface area contributed by atoms with Crippen LogP contribution in [0.5, 0.6) is 0 Å². The Morgan fingerprint density at radius 1 is 1.12 bits per heavy atom. The van der Waals surface area contributed by atoms with Gasteiger partial charge < -0.3 is 18.6 Å². The fourth-order valence-electron chi connectivity index (χ4n) is 1.58. The Morgan fingerprint density at radius 2 is 1.65 bits per heavy atom. The standard InChI is InChI=1S/C10H25ClN2O3Si/c1-9(11)13-10(2)12-7-6-8-17(14-3,15-4)16-5/h9-10,12-13H,6-8H2,1-5H3. The maximum absolute atomic E-state index is 5.82. The minimum Gasteiger partial charge on any atom is -0.377 e. The Labute approximate surface area is 111 Å². The first-order valence-electron chi connectivity index (χ1n) is 5.78. The molecule has 0 aromatic carbocycles. The smallest absolute Gasteiger partial charge is 0.377 e. The second-order valence-corrected chi connectivity index (χ2v) is 7.60. The molecule has 0 rings (SSSR count). The van der Waals surface area contributed by atoms with E-state index in [9.17, 15) is 0 Å². The Bertz CT molecular complexity index is 186. The van der Waals surface area contributed by atoms with Crippen LogP contribution in [0.25, 0.3) is 0 Å². The molecule has 104 valence electrons. The van der Waals surface area contributed by atoms with Gasteiger partial charge in [-0.3, -0.25) is 5.32 Å². The number of hydrogen-bond donors (Lipinski definition) is 2. The molecule has 0 fully saturated rings. The number of rotatable bonds is 10. The summed E-state index contributed by atoms with van der Waals surface area (Å²) < 4.78 is 16.0. The van der Waals surface area contributed by atoms with Crippen LogP contribution in [0.4, 0.5) is 0 Å². The molecule has 0 radical (unpaired) electrons. The maximum atomic E-state index is 5.82. The lowest BCUT2D eigenvalue weighted by Crippen LogP contribution is -2.45. The molecule has 0 spiro atoms. The first-order valence-corrected chi connectivity index (χ1v) is 8.15. The van der Waals surface area contributed by atoms with Gasteiger partial charge in [0.2, 0.25) is 0 Å². The number of alkyl halides is 1. The molecule has 2 atom stereocenters. The molecule has 17 heavy (non-hydrogen) atoms. The van der Waals surface area contributed by atoms with E-state index in [-0.39, 0.29) is 11.7 Å². The van der Waals surface area contributed by atoms with Crippen molar-refractivity contribution < 1.29 is 13.3 Å². The molecule has 7 heteroatoms. The molecular weight excluding hydrogens is 260 g/mol. The predicted molar refractivity (Wildman–Crippen MR) is 72.1 cm³/mol. The predicted octanol–water partition coefficient (Wildman–Crippen LogP) is 1.36. The molecule has 2 unspecified atom stereocenters. The van der Waals surface area contributed by atoms with Crippen molar-refractivity contribution in [3.05, 3.63) is 0 Å². The molecule has 0 aromatic rings. The number of nitrogens with one attached hydrogen (secondary N) is 2. The quantitative estimate of drug-likeness (QED) is 0.209. The summed E-state index contributed by atoms with van der Waals surface area (Å²) in [5, 5.41) is 6.47. The Morgan fingerprint density at radius 3 is 2.06 bits per heavy atom. The summed E-state index contributed by atoms with van der Waals surface area (Å²) in [7, 11) is 2.48. The summed E-state index contributed by atoms with van der Waals surface area (Å²) in [4.78, 5) is 0. The highest BCUT2D eigenvalue weighted by atomic mass is 35.5. The van der Waals surface area contributed by atoms with Gasteiger partial charge in [-0.2, -0.15) is 0 Å². The van der Waals surface area contributed by atoms with Crippen molar-refractivity contribution in [1.29, 1.82) is 0 Å². The average molecular weight is 285 g/mol. The van der Waals surface area contributed by atoms with E-state index in [2.05, 4.69) is 10.6 Å². The van der Waals surface area contributed by atoms with Gasteiger partial charge in [0.05, 0.1) is 11.7 Å². The summed E-state index contributed by atoms with van der Waals surface area (Å²) in [5.41, 5.74) is -0.0390. The zero-order valence-electron chi connectivity index (χ0n) is 11.4. The van der Waals surface area contributed by atoms with Crippen LogP contribution < -0.4 is 10.6 Å². The van der Waals surface area contributed by atoms with Crippen molar-refractivity contribution in [3.63, 3.8) is 0 Å². The van der Waals surface area contributed by atoms with E-state index in [0.29, 0.717) is 0 Å². The fourth-order valence-corrected chi connectivity index (χ4v) is 3.49. The maximum Gasteiger partial charge on any atom is 0.500 e. The Balaban J connectivity index is 3.75. The van der Waals surface area contributed by atoms with E-state index in [1.807, 2.05) is 13.8 Å². The van der Waals surface area contributed by atoms with Gasteiger partial charge in [0.15, 0.2) is 0 Å². The molecule has 2 N–H and O–H groups in total. The minimum atomic E-state index is -2.41. The number of halogens is 1. The first kappa shape index (κ1) is 17.3. The molecule has 0 aromatic heterocycles. The topological polar surface area (TPSA) is 51.8 Å². The minimum absolute atomic E-state index is 0.0390. The lowest BCUT2D eigenvalue weighted by atomic mass is 10.4. The average Bonchev–Trinajstić information content (AvgIpc) is 2.29. The lowest BCUT2D eigenvalue weighted by molar-refractivity contribution is 0.123. The van der Waals surface area contributed by atoms with E-state index in [4.69, 9.17) is 24.9 Å². The molecule has 0 aliphatic carbocycles. The van der Waals surface area contributed by atoms with E-state index in [1.54, 1.807) is 21.3 Å². The van der Waals surface area contributed by atoms with Crippen LogP contribution in [-0.4, -0.2) is 48.3 Å². The molecule has 0 saturated heterocycles. The van der Waals surface area contributed by atoms with Crippen LogP contribution in [0, 0.1) is 0 Å². The van der Waals surface area contributed by atoms with E-state index >= 15 is 0 Å². The highest BCUT2D eigenvalue weighted by Gasteiger charge is 2.36. The van der Waals surface area contributed by atoms with Crippen molar-refractivity contribution in [2.75, 3.05) is 27.9 Å². The lowest BCUT2D eigenvalue weighted by Gasteiger charge is -2.24. The van der Waals surface area contributed by atoms with Gasteiger partial charge in [-0.1, -0.05) is 0 Å². The third kappa shape index (κ3) is 7.35. The normalized spacial score (nSPS) is 15.9. The highest BCUT2D eigenvalue weighted by Crippen LogP contribution is 2.14. The molecule has 0 heterocycles. The molecule has 0 bridgehead atoms. The van der Waals surface area contributed by atoms with Crippen molar-refractivity contribution in [3.8, 4) is 0 Å². The van der Waals surface area contributed by atoms with Crippen LogP contribution in [0.1, 0.15) is 20.3 Å². The van der Waals surface area contributed by atoms with Gasteiger partial charge in [0.1, 0.15) is 0 Å². The van der Waals surface area contributed by atoms with Gasteiger partial charge >= 0.3 is 8.80 Å². The SMILES string of the molecule is CO[Si](CCCNC(C)NC(C)Cl)(OC)OC. The third-order valence-corrected chi connectivity index (χ3v) is 5.48. The zero-order valence-corrected chi connectivity index (χ0v) is 13.1. The van der Waals surface area contributed by atoms with E-state index < -0.39 is 8.80 Å². The number of hydrogen-bond acceptors (Lipinski definition) is 5. The molecule has 0 aliphatic heterocycles. The Hall–Kier alpha value is 0.307. The van der Waals surface area contributed by atoms with Crippen LogP contribution in [0.2, 0.25) is 6.04 Å². The summed E-state index contributed by atoms with van der Waals surface area (Å²) in [6.45, 7) is 4.80. The summed E-state index contributed by atoms with van der Waals surface area (Å²) in [6.07, 6.45) is 1.12. The molecule has 5 nitrogen and oxygen atoms in total. The van der Waals surface area contributed by atoms with E-state index in [1.165, 1.54) is 0 Å². The Kier molecular flexibility index (Phi) is 9.43. The zero-order chi connectivity index (χ0) is 13.3. The van der Waals surface area contributed by atoms with Crippen LogP contribution in [-0.2, 0) is 13.3 Å². The van der Waals surface area contributed by atoms with Gasteiger partial charge in [0, 0.05) is 27.4 Å². The summed E-state index contributed by atoms with van der Waals surface area (Å²) in [6, 6.07) is 0.798. The van der Waals surface area contributed by atoms with Crippen molar-refractivity contribution in [1.82, 2.24) is 10.6 Å². The van der Waals surface area contributed by atoms with Crippen LogP contribution >= 0.6 is 11.6 Å². The second kappa shape index (κ2) is 9.27. The molecule has 0 saturated carbocycles. The fraction of sp³-hybridized carbons (Fsp3) is 1.00. The summed E-state index contributed by atoms with van der Waals surface area (Å²) >= 11 is 5.82. The van der Waals surface area contributed by atoms with Crippen molar-refractivity contribution in [2.24, 2.45) is 0 Å². The van der Waals surface area contributed by atoms with Crippen LogP contribution in [0.3, 0.4) is 0 Å². The largest absolute Gasteiger partial charge is 0.500 e. The summed E-state index contributed by atoms with van der Waals surface area (Å²) in [5.74, 6) is 0. The highest BCUT2D eigenvalue weighted by molar-refractivity contribution is 6.60. The van der Waals surface area contributed by atoms with Crippen molar-refractivity contribution >= 4 is 20.4 Å². The van der Waals surface area contributed by atoms with Gasteiger partial charge in [-0.15, -0.1) is 11.6 Å². The van der Waals surface area contributed by atoms with E-state index in [0.717, 1.165) is 19.0 Å². The van der Waals surface area contributed by atoms with Crippen molar-refractivity contribution in [2.45, 2.75) is 38.0 Å². The second-order valence-electron chi connectivity index (χ2n) is 3.86. The molecule has 0 aliphatic rings. The third-order valence-electron chi connectivity index (χ3n) is 2.52. The van der Waals surface area contributed by atoms with Gasteiger partial charge in [-0.05, 0) is 26.8 Å². The molecular formula is C10H25ClN2O3Si. The first-order chi connectivity index (χ1) is 7.99. The molecule has 0 amide bonds. The van der Waals surface area contributed by atoms with Gasteiger partial charge in [-0.25, -0.2) is 0 Å². The van der Waals surface area contributed by atoms with Crippen LogP contribution in [0.15, 0.2) is 0 Å². The van der Waals surface area contributed by atoms with Gasteiger partial charge in [0.25, 0.3) is 0 Å².